The Morgan fingerprint density at radius 3 is 3.07 bits per heavy atom. The van der Waals surface area contributed by atoms with Crippen LogP contribution < -0.4 is 0 Å². The fraction of sp³-hybridized carbons (Fsp3) is 0.0909. The summed E-state index contributed by atoms with van der Waals surface area (Å²) in [5.74, 6) is 0. The van der Waals surface area contributed by atoms with Crippen LogP contribution in [0, 0.1) is 0 Å². The van der Waals surface area contributed by atoms with E-state index in [1.807, 2.05) is 36.3 Å². The predicted molar refractivity (Wildman–Crippen MR) is 58.3 cm³/mol. The molecule has 0 saturated carbocycles. The van der Waals surface area contributed by atoms with Gasteiger partial charge in [0.05, 0.1) is 5.69 Å². The van der Waals surface area contributed by atoms with Gasteiger partial charge in [-0.3, -0.25) is 5.10 Å². The van der Waals surface area contributed by atoms with Crippen molar-refractivity contribution >= 4 is 11.0 Å². The van der Waals surface area contributed by atoms with Crippen LogP contribution in [-0.4, -0.2) is 19.7 Å². The minimum absolute atomic E-state index is 0.924. The zero-order valence-electron chi connectivity index (χ0n) is 8.31. The molecule has 0 spiro atoms. The lowest BCUT2D eigenvalue weighted by molar-refractivity contribution is 0.948. The van der Waals surface area contributed by atoms with Crippen molar-refractivity contribution in [1.29, 1.82) is 0 Å². The smallest absolute Gasteiger partial charge is 0.139 e. The highest BCUT2D eigenvalue weighted by Crippen LogP contribution is 2.20. The van der Waals surface area contributed by atoms with Crippen LogP contribution in [0.15, 0.2) is 36.8 Å². The second-order valence-electron chi connectivity index (χ2n) is 3.52. The van der Waals surface area contributed by atoms with Gasteiger partial charge in [-0.2, -0.15) is 5.10 Å². The molecule has 0 aliphatic rings. The Morgan fingerprint density at radius 2 is 2.27 bits per heavy atom. The fourth-order valence-corrected chi connectivity index (χ4v) is 1.72. The van der Waals surface area contributed by atoms with Gasteiger partial charge in [0.1, 0.15) is 5.65 Å². The summed E-state index contributed by atoms with van der Waals surface area (Å²) in [6, 6.07) is 6.09. The Balaban J connectivity index is 2.23. The number of aryl methyl sites for hydroxylation is 1. The molecule has 4 nitrogen and oxygen atoms in total. The molecule has 0 aliphatic carbocycles. The molecule has 4 heteroatoms. The molecule has 3 rings (SSSR count). The highest BCUT2D eigenvalue weighted by molar-refractivity contribution is 5.81. The van der Waals surface area contributed by atoms with Crippen molar-refractivity contribution < 1.29 is 0 Å². The fourth-order valence-electron chi connectivity index (χ4n) is 1.72. The largest absolute Gasteiger partial charge is 0.336 e. The van der Waals surface area contributed by atoms with Gasteiger partial charge in [0.25, 0.3) is 0 Å². The van der Waals surface area contributed by atoms with E-state index in [1.54, 1.807) is 0 Å². The summed E-state index contributed by atoms with van der Waals surface area (Å²) in [5, 5.41) is 8.06. The number of aromatic nitrogens is 4. The van der Waals surface area contributed by atoms with Crippen LogP contribution in [0.5, 0.6) is 0 Å². The van der Waals surface area contributed by atoms with Crippen LogP contribution in [0.2, 0.25) is 0 Å². The topological polar surface area (TPSA) is 46.5 Å². The Labute approximate surface area is 86.6 Å². The first kappa shape index (κ1) is 8.23. The summed E-state index contributed by atoms with van der Waals surface area (Å²) in [4.78, 5) is 4.41. The maximum absolute atomic E-state index is 4.41. The van der Waals surface area contributed by atoms with Crippen LogP contribution in [0.25, 0.3) is 22.3 Å². The zero-order valence-corrected chi connectivity index (χ0v) is 8.31. The molecule has 3 aromatic heterocycles. The first-order valence-electron chi connectivity index (χ1n) is 4.76. The lowest BCUT2D eigenvalue weighted by Gasteiger charge is -1.98. The molecule has 74 valence electrons. The molecular weight excluding hydrogens is 188 g/mol. The lowest BCUT2D eigenvalue weighted by Crippen LogP contribution is -1.88. The summed E-state index contributed by atoms with van der Waals surface area (Å²) >= 11 is 0. The Morgan fingerprint density at radius 1 is 1.33 bits per heavy atom. The highest BCUT2D eigenvalue weighted by Gasteiger charge is 2.04. The van der Waals surface area contributed by atoms with E-state index in [4.69, 9.17) is 0 Å². The third kappa shape index (κ3) is 1.22. The van der Waals surface area contributed by atoms with Crippen molar-refractivity contribution in [3.63, 3.8) is 0 Å². The van der Waals surface area contributed by atoms with Crippen LogP contribution >= 0.6 is 0 Å². The Hall–Kier alpha value is -2.10. The number of fused-ring (bicyclic) bond motifs is 1. The molecule has 0 radical (unpaired) electrons. The van der Waals surface area contributed by atoms with E-state index >= 15 is 0 Å². The van der Waals surface area contributed by atoms with Crippen molar-refractivity contribution in [2.24, 2.45) is 7.05 Å². The first-order valence-corrected chi connectivity index (χ1v) is 4.76. The average Bonchev–Trinajstić information content (AvgIpc) is 2.88. The molecule has 0 aliphatic heterocycles. The summed E-state index contributed by atoms with van der Waals surface area (Å²) in [6.07, 6.45) is 5.66. The molecule has 15 heavy (non-hydrogen) atoms. The minimum atomic E-state index is 0.924. The third-order valence-electron chi connectivity index (χ3n) is 2.50. The van der Waals surface area contributed by atoms with E-state index < -0.39 is 0 Å². The van der Waals surface area contributed by atoms with Gasteiger partial charge in [-0.1, -0.05) is 0 Å². The Bertz CT molecular complexity index is 592. The number of aromatic amines is 1. The van der Waals surface area contributed by atoms with Crippen molar-refractivity contribution in [3.05, 3.63) is 36.8 Å². The molecule has 0 amide bonds. The maximum atomic E-state index is 4.41. The lowest BCUT2D eigenvalue weighted by atomic mass is 10.2. The average molecular weight is 198 g/mol. The van der Waals surface area contributed by atoms with Crippen molar-refractivity contribution in [2.75, 3.05) is 0 Å². The monoisotopic (exact) mass is 198 g/mol. The number of H-pyrrole nitrogens is 1. The quantitative estimate of drug-likeness (QED) is 0.649. The first-order chi connectivity index (χ1) is 7.34. The molecule has 0 fully saturated rings. The predicted octanol–water partition coefficient (Wildman–Crippen LogP) is 1.96. The van der Waals surface area contributed by atoms with E-state index in [-0.39, 0.29) is 0 Å². The van der Waals surface area contributed by atoms with E-state index in [2.05, 4.69) is 27.3 Å². The van der Waals surface area contributed by atoms with Crippen LogP contribution in [0.4, 0.5) is 0 Å². The van der Waals surface area contributed by atoms with E-state index in [0.29, 0.717) is 0 Å². The van der Waals surface area contributed by atoms with Gasteiger partial charge in [-0.05, 0) is 18.2 Å². The van der Waals surface area contributed by atoms with Gasteiger partial charge in [0.2, 0.25) is 0 Å². The van der Waals surface area contributed by atoms with Crippen LogP contribution in [0.3, 0.4) is 0 Å². The summed E-state index contributed by atoms with van der Waals surface area (Å²) in [5.41, 5.74) is 2.96. The standard InChI is InChI=1S/C11H10N4/c1-15-5-3-8-6-9(7-12-11(8)15)10-2-4-13-14-10/h2-7H,1H3,(H,13,14). The second-order valence-corrected chi connectivity index (χ2v) is 3.52. The summed E-state index contributed by atoms with van der Waals surface area (Å²) in [7, 11) is 1.99. The van der Waals surface area contributed by atoms with Gasteiger partial charge in [0, 0.05) is 36.6 Å². The maximum Gasteiger partial charge on any atom is 0.139 e. The molecule has 0 unspecified atom stereocenters. The number of pyridine rings is 1. The molecule has 0 aromatic carbocycles. The number of rotatable bonds is 1. The SMILES string of the molecule is Cn1ccc2cc(-c3cc[nH]n3)cnc21. The van der Waals surface area contributed by atoms with Crippen molar-refractivity contribution in [3.8, 4) is 11.3 Å². The van der Waals surface area contributed by atoms with E-state index in [9.17, 15) is 0 Å². The second kappa shape index (κ2) is 2.95. The molecule has 0 bridgehead atoms. The molecule has 3 aromatic rings. The van der Waals surface area contributed by atoms with Crippen molar-refractivity contribution in [1.82, 2.24) is 19.7 Å². The summed E-state index contributed by atoms with van der Waals surface area (Å²) < 4.78 is 2.00. The summed E-state index contributed by atoms with van der Waals surface area (Å²) in [6.45, 7) is 0. The molecule has 3 heterocycles. The van der Waals surface area contributed by atoms with Crippen LogP contribution in [0.1, 0.15) is 0 Å². The number of hydrogen-bond acceptors (Lipinski definition) is 2. The van der Waals surface area contributed by atoms with Crippen LogP contribution in [-0.2, 0) is 7.05 Å². The number of nitrogens with zero attached hydrogens (tertiary/aromatic N) is 3. The number of hydrogen-bond donors (Lipinski definition) is 1. The van der Waals surface area contributed by atoms with Gasteiger partial charge in [-0.25, -0.2) is 4.98 Å². The molecular formula is C11H10N4. The Kier molecular flexibility index (Phi) is 1.62. The highest BCUT2D eigenvalue weighted by atomic mass is 15.1. The normalized spacial score (nSPS) is 11.0. The third-order valence-corrected chi connectivity index (χ3v) is 2.50. The zero-order chi connectivity index (χ0) is 10.3. The number of nitrogens with one attached hydrogen (secondary N) is 1. The van der Waals surface area contributed by atoms with E-state index in [0.717, 1.165) is 22.3 Å². The van der Waals surface area contributed by atoms with Gasteiger partial charge in [-0.15, -0.1) is 0 Å². The molecule has 1 N–H and O–H groups in total. The molecule has 0 saturated heterocycles. The van der Waals surface area contributed by atoms with E-state index in [1.165, 1.54) is 0 Å². The van der Waals surface area contributed by atoms with Gasteiger partial charge < -0.3 is 4.57 Å². The van der Waals surface area contributed by atoms with Gasteiger partial charge in [0.15, 0.2) is 0 Å². The van der Waals surface area contributed by atoms with Gasteiger partial charge >= 0.3 is 0 Å². The minimum Gasteiger partial charge on any atom is -0.336 e. The molecule has 0 atom stereocenters. The van der Waals surface area contributed by atoms with Crippen molar-refractivity contribution in [2.45, 2.75) is 0 Å².